The molecule has 1 aromatic carbocycles. The minimum absolute atomic E-state index is 0.105. The highest BCUT2D eigenvalue weighted by Crippen LogP contribution is 2.45. The van der Waals surface area contributed by atoms with Crippen LogP contribution in [-0.4, -0.2) is 47.4 Å². The molecule has 0 unspecified atom stereocenters. The molecular weight excluding hydrogens is 366 g/mol. The summed E-state index contributed by atoms with van der Waals surface area (Å²) in [6, 6.07) is 8.26. The smallest absolute Gasteiger partial charge is 0.265 e. The van der Waals surface area contributed by atoms with Crippen LogP contribution >= 0.6 is 24.0 Å². The monoisotopic (exact) mass is 385 g/mol. The molecule has 1 saturated heterocycles. The van der Waals surface area contributed by atoms with E-state index in [2.05, 4.69) is 24.0 Å². The molecule has 134 valence electrons. The number of amides is 2. The van der Waals surface area contributed by atoms with Gasteiger partial charge in [-0.25, -0.2) is 0 Å². The molecule has 2 aliphatic rings. The number of likely N-dealkylation sites (N-methyl/N-ethyl adjacent to an activating group) is 2. The number of fused-ring (bicyclic) bond motifs is 1. The Labute approximate surface area is 162 Å². The first kappa shape index (κ1) is 18.4. The van der Waals surface area contributed by atoms with Gasteiger partial charge in [0.15, 0.2) is 5.11 Å². The lowest BCUT2D eigenvalue weighted by molar-refractivity contribution is -0.132. The highest BCUT2D eigenvalue weighted by Gasteiger charge is 2.34. The van der Waals surface area contributed by atoms with Crippen LogP contribution in [-0.2, 0) is 9.59 Å². The van der Waals surface area contributed by atoms with E-state index in [4.69, 9.17) is 12.2 Å². The summed E-state index contributed by atoms with van der Waals surface area (Å²) in [5, 5.41) is 1.32. The van der Waals surface area contributed by atoms with E-state index in [0.717, 1.165) is 11.6 Å². The molecule has 2 heterocycles. The summed E-state index contributed by atoms with van der Waals surface area (Å²) < 4.78 is 0. The van der Waals surface area contributed by atoms with Crippen LogP contribution in [0.25, 0.3) is 0 Å². The van der Waals surface area contributed by atoms with Crippen molar-refractivity contribution in [3.63, 3.8) is 0 Å². The third kappa shape index (κ3) is 3.20. The number of allylic oxidation sites excluding steroid dienone is 4. The Morgan fingerprint density at radius 3 is 2.31 bits per heavy atom. The predicted molar refractivity (Wildman–Crippen MR) is 109 cm³/mol. The molecular formula is C19H19N3O2S2. The van der Waals surface area contributed by atoms with Gasteiger partial charge in [-0.3, -0.25) is 19.4 Å². The molecule has 3 rings (SSSR count). The lowest BCUT2D eigenvalue weighted by Crippen LogP contribution is -2.52. The fourth-order valence-electron chi connectivity index (χ4n) is 2.79. The summed E-state index contributed by atoms with van der Waals surface area (Å²) in [5.41, 5.74) is 1.31. The average molecular weight is 386 g/mol. The Bertz CT molecular complexity index is 847. The van der Waals surface area contributed by atoms with Crippen molar-refractivity contribution >= 4 is 46.6 Å². The highest BCUT2D eigenvalue weighted by molar-refractivity contribution is 8.03. The zero-order chi connectivity index (χ0) is 18.8. The van der Waals surface area contributed by atoms with Crippen molar-refractivity contribution in [1.29, 1.82) is 0 Å². The topological polar surface area (TPSA) is 43.9 Å². The van der Waals surface area contributed by atoms with Crippen molar-refractivity contribution < 1.29 is 9.59 Å². The number of thiocarbonyl (C=S) groups is 1. The number of benzene rings is 1. The SMILES string of the molecule is CCN1C(=CC=CC=C2C(=O)N(C)C(=S)N(C)C2=O)Sc2ccccc21. The summed E-state index contributed by atoms with van der Waals surface area (Å²) in [4.78, 5) is 30.6. The zero-order valence-electron chi connectivity index (χ0n) is 14.8. The fraction of sp³-hybridized carbons (Fsp3) is 0.211. The zero-order valence-corrected chi connectivity index (χ0v) is 16.4. The third-order valence-corrected chi connectivity index (χ3v) is 5.89. The van der Waals surface area contributed by atoms with Crippen molar-refractivity contribution in [1.82, 2.24) is 9.80 Å². The average Bonchev–Trinajstić information content (AvgIpc) is 3.01. The van der Waals surface area contributed by atoms with E-state index in [1.807, 2.05) is 24.3 Å². The second-order valence-corrected chi connectivity index (χ2v) is 7.22. The van der Waals surface area contributed by atoms with Gasteiger partial charge >= 0.3 is 0 Å². The molecule has 0 bridgehead atoms. The molecule has 0 N–H and O–H groups in total. The molecule has 26 heavy (non-hydrogen) atoms. The number of carbonyl (C=O) groups is 2. The van der Waals surface area contributed by atoms with Crippen molar-refractivity contribution in [2.45, 2.75) is 11.8 Å². The molecule has 1 fully saturated rings. The van der Waals surface area contributed by atoms with E-state index in [9.17, 15) is 9.59 Å². The summed E-state index contributed by atoms with van der Waals surface area (Å²) in [6.45, 7) is 2.98. The highest BCUT2D eigenvalue weighted by atomic mass is 32.2. The minimum atomic E-state index is -0.381. The lowest BCUT2D eigenvalue weighted by Gasteiger charge is -2.31. The summed E-state index contributed by atoms with van der Waals surface area (Å²) in [7, 11) is 3.14. The summed E-state index contributed by atoms with van der Waals surface area (Å²) in [6.07, 6.45) is 7.09. The van der Waals surface area contributed by atoms with Crippen LogP contribution in [0.1, 0.15) is 6.92 Å². The van der Waals surface area contributed by atoms with Crippen molar-refractivity contribution in [3.05, 3.63) is 59.2 Å². The number of nitrogens with zero attached hydrogens (tertiary/aromatic N) is 3. The molecule has 0 spiro atoms. The Hall–Kier alpha value is -2.38. The maximum atomic E-state index is 12.3. The second-order valence-electron chi connectivity index (χ2n) is 5.80. The van der Waals surface area contributed by atoms with Crippen molar-refractivity contribution in [2.24, 2.45) is 0 Å². The first-order valence-electron chi connectivity index (χ1n) is 8.18. The van der Waals surface area contributed by atoms with Gasteiger partial charge in [-0.05, 0) is 43.4 Å². The van der Waals surface area contributed by atoms with E-state index < -0.39 is 0 Å². The predicted octanol–water partition coefficient (Wildman–Crippen LogP) is 3.16. The van der Waals surface area contributed by atoms with E-state index in [-0.39, 0.29) is 22.5 Å². The molecule has 0 radical (unpaired) electrons. The Morgan fingerprint density at radius 2 is 1.65 bits per heavy atom. The number of para-hydroxylation sites is 1. The second kappa shape index (κ2) is 7.47. The first-order valence-corrected chi connectivity index (χ1v) is 9.41. The van der Waals surface area contributed by atoms with Crippen LogP contribution < -0.4 is 4.90 Å². The quantitative estimate of drug-likeness (QED) is 0.454. The first-order chi connectivity index (χ1) is 12.5. The number of rotatable bonds is 3. The molecule has 2 amide bonds. The molecule has 0 aliphatic carbocycles. The molecule has 1 aromatic rings. The van der Waals surface area contributed by atoms with Gasteiger partial charge in [0, 0.05) is 25.5 Å². The van der Waals surface area contributed by atoms with Crippen LogP contribution in [0.15, 0.2) is 64.1 Å². The summed E-state index contributed by atoms with van der Waals surface area (Å²) in [5.74, 6) is -0.763. The van der Waals surface area contributed by atoms with Gasteiger partial charge in [0.25, 0.3) is 11.8 Å². The number of carbonyl (C=O) groups excluding carboxylic acids is 2. The largest absolute Gasteiger partial charge is 0.335 e. The fourth-order valence-corrected chi connectivity index (χ4v) is 4.09. The number of hydrogen-bond donors (Lipinski definition) is 0. The molecule has 2 aliphatic heterocycles. The van der Waals surface area contributed by atoms with E-state index in [0.29, 0.717) is 0 Å². The van der Waals surface area contributed by atoms with Gasteiger partial charge in [0.1, 0.15) is 5.57 Å². The molecule has 0 saturated carbocycles. The maximum Gasteiger partial charge on any atom is 0.265 e. The standard InChI is InChI=1S/C19H19N3O2S2/c1-4-22-14-10-6-7-11-15(14)26-16(22)12-8-5-9-13-17(23)20(2)19(25)21(3)18(13)24/h5-12H,4H2,1-3H3. The normalized spacial score (nSPS) is 19.2. The number of anilines is 1. The van der Waals surface area contributed by atoms with E-state index >= 15 is 0 Å². The van der Waals surface area contributed by atoms with Gasteiger partial charge in [-0.2, -0.15) is 0 Å². The van der Waals surface area contributed by atoms with Gasteiger partial charge < -0.3 is 4.90 Å². The van der Waals surface area contributed by atoms with Crippen LogP contribution in [0.4, 0.5) is 5.69 Å². The van der Waals surface area contributed by atoms with Gasteiger partial charge in [-0.15, -0.1) is 0 Å². The van der Waals surface area contributed by atoms with Crippen LogP contribution in [0.3, 0.4) is 0 Å². The van der Waals surface area contributed by atoms with Crippen LogP contribution in [0, 0.1) is 0 Å². The summed E-state index contributed by atoms with van der Waals surface area (Å²) >= 11 is 6.78. The lowest BCUT2D eigenvalue weighted by atomic mass is 10.1. The van der Waals surface area contributed by atoms with Crippen molar-refractivity contribution in [3.8, 4) is 0 Å². The van der Waals surface area contributed by atoms with Gasteiger partial charge in [0.2, 0.25) is 0 Å². The number of thioether (sulfide) groups is 1. The van der Waals surface area contributed by atoms with Crippen LogP contribution in [0.5, 0.6) is 0 Å². The molecule has 0 aromatic heterocycles. The van der Waals surface area contributed by atoms with Gasteiger partial charge in [-0.1, -0.05) is 36.0 Å². The molecule has 7 heteroatoms. The van der Waals surface area contributed by atoms with Gasteiger partial charge in [0.05, 0.1) is 10.7 Å². The van der Waals surface area contributed by atoms with E-state index in [1.165, 1.54) is 20.4 Å². The Balaban J connectivity index is 1.80. The van der Waals surface area contributed by atoms with Crippen LogP contribution in [0.2, 0.25) is 0 Å². The maximum absolute atomic E-state index is 12.3. The van der Waals surface area contributed by atoms with E-state index in [1.54, 1.807) is 38.0 Å². The molecule has 0 atom stereocenters. The van der Waals surface area contributed by atoms with Crippen molar-refractivity contribution in [2.75, 3.05) is 25.5 Å². The Kier molecular flexibility index (Phi) is 5.29. The molecule has 5 nitrogen and oxygen atoms in total. The third-order valence-electron chi connectivity index (χ3n) is 4.21. The minimum Gasteiger partial charge on any atom is -0.335 e. The Morgan fingerprint density at radius 1 is 1.04 bits per heavy atom. The number of hydrogen-bond acceptors (Lipinski definition) is 5.